The van der Waals surface area contributed by atoms with E-state index in [0.29, 0.717) is 30.6 Å². The number of amides is 2. The van der Waals surface area contributed by atoms with Gasteiger partial charge in [0.25, 0.3) is 5.91 Å². The highest BCUT2D eigenvalue weighted by Gasteiger charge is 2.06. The molecule has 1 heterocycles. The van der Waals surface area contributed by atoms with Gasteiger partial charge in [-0.2, -0.15) is 0 Å². The summed E-state index contributed by atoms with van der Waals surface area (Å²) in [7, 11) is 0. The first kappa shape index (κ1) is 19.2. The lowest BCUT2D eigenvalue weighted by molar-refractivity contribution is -0.121. The Kier molecular flexibility index (Phi) is 6.46. The van der Waals surface area contributed by atoms with E-state index in [1.165, 1.54) is 18.3 Å². The molecule has 0 fully saturated rings. The van der Waals surface area contributed by atoms with Crippen molar-refractivity contribution in [1.82, 2.24) is 10.3 Å². The minimum atomic E-state index is -0.284. The van der Waals surface area contributed by atoms with E-state index < -0.39 is 0 Å². The number of aromatic nitrogens is 1. The maximum absolute atomic E-state index is 12.9. The Labute approximate surface area is 162 Å². The number of halogens is 1. The van der Waals surface area contributed by atoms with E-state index in [4.69, 9.17) is 0 Å². The highest BCUT2D eigenvalue weighted by molar-refractivity contribution is 6.04. The maximum atomic E-state index is 12.9. The molecule has 2 aromatic carbocycles. The van der Waals surface area contributed by atoms with E-state index in [0.717, 1.165) is 11.1 Å². The third kappa shape index (κ3) is 5.74. The third-order valence-corrected chi connectivity index (χ3v) is 4.18. The summed E-state index contributed by atoms with van der Waals surface area (Å²) in [5.74, 6) is -0.582. The Balaban J connectivity index is 1.44. The maximum Gasteiger partial charge on any atom is 0.257 e. The third-order valence-electron chi connectivity index (χ3n) is 4.18. The number of benzene rings is 2. The summed E-state index contributed by atoms with van der Waals surface area (Å²) in [6, 6.07) is 16.8. The van der Waals surface area contributed by atoms with Gasteiger partial charge < -0.3 is 10.6 Å². The fraction of sp³-hybridized carbons (Fsp3) is 0.136. The van der Waals surface area contributed by atoms with Gasteiger partial charge in [-0.05, 0) is 53.9 Å². The number of hydrogen-bond acceptors (Lipinski definition) is 3. The predicted octanol–water partition coefficient (Wildman–Crippen LogP) is 3.72. The molecule has 0 saturated carbocycles. The van der Waals surface area contributed by atoms with Gasteiger partial charge in [-0.25, -0.2) is 4.39 Å². The zero-order valence-corrected chi connectivity index (χ0v) is 15.2. The first-order chi connectivity index (χ1) is 13.6. The summed E-state index contributed by atoms with van der Waals surface area (Å²) in [4.78, 5) is 28.0. The Morgan fingerprint density at radius 3 is 2.32 bits per heavy atom. The molecule has 0 bridgehead atoms. The second-order valence-electron chi connectivity index (χ2n) is 6.30. The van der Waals surface area contributed by atoms with Crippen LogP contribution in [0.3, 0.4) is 0 Å². The lowest BCUT2D eigenvalue weighted by Gasteiger charge is -2.08. The number of nitrogens with zero attached hydrogens (tertiary/aromatic N) is 1. The summed E-state index contributed by atoms with van der Waals surface area (Å²) in [5, 5.41) is 5.66. The first-order valence-corrected chi connectivity index (χ1v) is 8.91. The molecule has 28 heavy (non-hydrogen) atoms. The second-order valence-corrected chi connectivity index (χ2v) is 6.30. The summed E-state index contributed by atoms with van der Waals surface area (Å²) < 4.78 is 12.9. The van der Waals surface area contributed by atoms with Crippen LogP contribution in [0.2, 0.25) is 0 Å². The average molecular weight is 377 g/mol. The number of pyridine rings is 1. The van der Waals surface area contributed by atoms with Gasteiger partial charge in [0, 0.05) is 31.0 Å². The summed E-state index contributed by atoms with van der Waals surface area (Å²) in [6.07, 6.45) is 4.01. The van der Waals surface area contributed by atoms with Gasteiger partial charge in [0.05, 0.1) is 5.56 Å². The first-order valence-electron chi connectivity index (χ1n) is 8.91. The molecule has 0 aliphatic heterocycles. The highest BCUT2D eigenvalue weighted by atomic mass is 19.1. The monoisotopic (exact) mass is 377 g/mol. The van der Waals surface area contributed by atoms with Crippen molar-refractivity contribution in [1.29, 1.82) is 0 Å². The standard InChI is InChI=1S/C22H20FN3O2/c23-19-8-3-16(4-9-19)7-12-21(27)25-14-17-5-10-20(11-6-17)26-22(28)18-2-1-13-24-15-18/h1-6,8-11,13,15H,7,12,14H2,(H,25,27)(H,26,28). The van der Waals surface area contributed by atoms with Crippen LogP contribution in [-0.2, 0) is 17.8 Å². The van der Waals surface area contributed by atoms with Gasteiger partial charge in [-0.1, -0.05) is 24.3 Å². The van der Waals surface area contributed by atoms with Crippen molar-refractivity contribution < 1.29 is 14.0 Å². The van der Waals surface area contributed by atoms with Crippen LogP contribution in [0.5, 0.6) is 0 Å². The number of anilines is 1. The SMILES string of the molecule is O=C(CCc1ccc(F)cc1)NCc1ccc(NC(=O)c2cccnc2)cc1. The smallest absolute Gasteiger partial charge is 0.257 e. The Hall–Kier alpha value is -3.54. The van der Waals surface area contributed by atoms with Crippen molar-refractivity contribution in [2.24, 2.45) is 0 Å². The van der Waals surface area contributed by atoms with Crippen molar-refractivity contribution in [2.75, 3.05) is 5.32 Å². The number of carbonyl (C=O) groups excluding carboxylic acids is 2. The largest absolute Gasteiger partial charge is 0.352 e. The molecule has 0 spiro atoms. The molecule has 6 heteroatoms. The molecule has 3 rings (SSSR count). The zero-order valence-electron chi connectivity index (χ0n) is 15.2. The lowest BCUT2D eigenvalue weighted by Crippen LogP contribution is -2.23. The fourth-order valence-corrected chi connectivity index (χ4v) is 2.60. The quantitative estimate of drug-likeness (QED) is 0.659. The van der Waals surface area contributed by atoms with Gasteiger partial charge in [-0.3, -0.25) is 14.6 Å². The van der Waals surface area contributed by atoms with Crippen molar-refractivity contribution in [3.63, 3.8) is 0 Å². The number of hydrogen-bond donors (Lipinski definition) is 2. The number of aryl methyl sites for hydroxylation is 1. The van der Waals surface area contributed by atoms with E-state index >= 15 is 0 Å². The van der Waals surface area contributed by atoms with Crippen LogP contribution in [0.4, 0.5) is 10.1 Å². The van der Waals surface area contributed by atoms with Crippen LogP contribution < -0.4 is 10.6 Å². The zero-order chi connectivity index (χ0) is 19.8. The average Bonchev–Trinajstić information content (AvgIpc) is 2.73. The van der Waals surface area contributed by atoms with Crippen LogP contribution in [0.15, 0.2) is 73.1 Å². The lowest BCUT2D eigenvalue weighted by atomic mass is 10.1. The molecule has 0 saturated heterocycles. The Bertz CT molecular complexity index is 926. The van der Waals surface area contributed by atoms with Gasteiger partial charge in [0.15, 0.2) is 0 Å². The fourth-order valence-electron chi connectivity index (χ4n) is 2.60. The van der Waals surface area contributed by atoms with Gasteiger partial charge in [-0.15, -0.1) is 0 Å². The molecule has 1 aromatic heterocycles. The molecular weight excluding hydrogens is 357 g/mol. The molecule has 5 nitrogen and oxygen atoms in total. The molecule has 0 aliphatic rings. The van der Waals surface area contributed by atoms with E-state index in [1.54, 1.807) is 42.6 Å². The number of nitrogens with one attached hydrogen (secondary N) is 2. The molecular formula is C22H20FN3O2. The number of rotatable bonds is 7. The van der Waals surface area contributed by atoms with Gasteiger partial charge in [0.2, 0.25) is 5.91 Å². The molecule has 0 atom stereocenters. The van der Waals surface area contributed by atoms with Crippen molar-refractivity contribution >= 4 is 17.5 Å². The molecule has 3 aromatic rings. The molecule has 0 radical (unpaired) electrons. The molecule has 142 valence electrons. The highest BCUT2D eigenvalue weighted by Crippen LogP contribution is 2.11. The summed E-state index contributed by atoms with van der Waals surface area (Å²) in [5.41, 5.74) is 3.00. The summed E-state index contributed by atoms with van der Waals surface area (Å²) >= 11 is 0. The van der Waals surface area contributed by atoms with E-state index in [9.17, 15) is 14.0 Å². The molecule has 2 amide bonds. The van der Waals surface area contributed by atoms with Crippen LogP contribution in [0.25, 0.3) is 0 Å². The minimum absolute atomic E-state index is 0.0710. The van der Waals surface area contributed by atoms with Crippen molar-refractivity contribution in [3.8, 4) is 0 Å². The summed E-state index contributed by atoms with van der Waals surface area (Å²) in [6.45, 7) is 0.402. The van der Waals surface area contributed by atoms with E-state index in [-0.39, 0.29) is 17.6 Å². The molecule has 2 N–H and O–H groups in total. The van der Waals surface area contributed by atoms with Crippen LogP contribution in [-0.4, -0.2) is 16.8 Å². The Morgan fingerprint density at radius 1 is 0.929 bits per heavy atom. The van der Waals surface area contributed by atoms with E-state index in [1.807, 2.05) is 12.1 Å². The topological polar surface area (TPSA) is 71.1 Å². The van der Waals surface area contributed by atoms with Gasteiger partial charge >= 0.3 is 0 Å². The molecule has 0 aliphatic carbocycles. The Morgan fingerprint density at radius 2 is 1.64 bits per heavy atom. The van der Waals surface area contributed by atoms with Crippen molar-refractivity contribution in [3.05, 3.63) is 95.6 Å². The van der Waals surface area contributed by atoms with Gasteiger partial charge in [0.1, 0.15) is 5.82 Å². The second kappa shape index (κ2) is 9.41. The van der Waals surface area contributed by atoms with Crippen LogP contribution in [0.1, 0.15) is 27.9 Å². The number of carbonyl (C=O) groups is 2. The van der Waals surface area contributed by atoms with Crippen molar-refractivity contribution in [2.45, 2.75) is 19.4 Å². The normalized spacial score (nSPS) is 10.3. The van der Waals surface area contributed by atoms with Crippen LogP contribution in [0, 0.1) is 5.82 Å². The minimum Gasteiger partial charge on any atom is -0.352 e. The molecule has 0 unspecified atom stereocenters. The predicted molar refractivity (Wildman–Crippen MR) is 105 cm³/mol. The van der Waals surface area contributed by atoms with Crippen LogP contribution >= 0.6 is 0 Å². The van der Waals surface area contributed by atoms with E-state index in [2.05, 4.69) is 15.6 Å².